The van der Waals surface area contributed by atoms with E-state index in [1.165, 1.54) is 25.1 Å². The van der Waals surface area contributed by atoms with Gasteiger partial charge in [0.25, 0.3) is 5.69 Å². The summed E-state index contributed by atoms with van der Waals surface area (Å²) in [4.78, 5) is 16.5. The first-order chi connectivity index (χ1) is 10.1. The molecule has 2 aliphatic heterocycles. The van der Waals surface area contributed by atoms with Gasteiger partial charge in [0, 0.05) is 25.8 Å². The lowest BCUT2D eigenvalue weighted by Gasteiger charge is -2.35. The van der Waals surface area contributed by atoms with Gasteiger partial charge in [-0.15, -0.1) is 0 Å². The van der Waals surface area contributed by atoms with Crippen molar-refractivity contribution in [2.45, 2.75) is 31.8 Å². The second kappa shape index (κ2) is 6.15. The summed E-state index contributed by atoms with van der Waals surface area (Å²) in [7, 11) is 0. The van der Waals surface area contributed by atoms with Gasteiger partial charge < -0.3 is 9.64 Å². The molecule has 6 nitrogen and oxygen atoms in total. The fourth-order valence-corrected chi connectivity index (χ4v) is 3.49. The fraction of sp³-hybridized carbons (Fsp3) is 0.643. The molecule has 0 amide bonds. The normalized spacial score (nSPS) is 23.5. The Morgan fingerprint density at radius 2 is 2.14 bits per heavy atom. The monoisotopic (exact) mass is 311 g/mol. The van der Waals surface area contributed by atoms with Crippen LogP contribution >= 0.6 is 11.6 Å². The van der Waals surface area contributed by atoms with E-state index in [-0.39, 0.29) is 5.69 Å². The molecule has 3 rings (SSSR count). The van der Waals surface area contributed by atoms with E-state index in [0.717, 1.165) is 32.5 Å². The van der Waals surface area contributed by atoms with Crippen LogP contribution < -0.4 is 4.90 Å². The highest BCUT2D eigenvalue weighted by molar-refractivity contribution is 6.33. The number of hydrogen-bond donors (Lipinski definition) is 0. The molecule has 0 N–H and O–H groups in total. The zero-order chi connectivity index (χ0) is 14.8. The Kier molecular flexibility index (Phi) is 4.26. The molecule has 0 aliphatic carbocycles. The molecule has 1 aromatic rings. The highest BCUT2D eigenvalue weighted by atomic mass is 35.5. The number of piperidine rings is 1. The maximum Gasteiger partial charge on any atom is 0.289 e. The van der Waals surface area contributed by atoms with Gasteiger partial charge in [0.1, 0.15) is 12.0 Å². The van der Waals surface area contributed by atoms with Crippen LogP contribution in [0, 0.1) is 16.0 Å². The molecule has 0 aromatic carbocycles. The number of ether oxygens (including phenoxy) is 1. The van der Waals surface area contributed by atoms with Crippen molar-refractivity contribution in [3.63, 3.8) is 0 Å². The van der Waals surface area contributed by atoms with E-state index < -0.39 is 4.92 Å². The van der Waals surface area contributed by atoms with Gasteiger partial charge in [-0.3, -0.25) is 10.1 Å². The third-order valence-electron chi connectivity index (χ3n) is 4.35. The molecule has 2 aliphatic rings. The first-order valence-electron chi connectivity index (χ1n) is 7.31. The van der Waals surface area contributed by atoms with Crippen molar-refractivity contribution < 1.29 is 9.66 Å². The van der Waals surface area contributed by atoms with Crippen molar-refractivity contribution in [1.82, 2.24) is 4.98 Å². The van der Waals surface area contributed by atoms with Gasteiger partial charge >= 0.3 is 0 Å². The average Bonchev–Trinajstić information content (AvgIpc) is 3.01. The van der Waals surface area contributed by atoms with Crippen LogP contribution in [0.3, 0.4) is 0 Å². The Morgan fingerprint density at radius 1 is 1.38 bits per heavy atom. The summed E-state index contributed by atoms with van der Waals surface area (Å²) in [5.41, 5.74) is -0.0713. The standard InChI is InChI=1S/C14H18ClN3O3/c15-12-8-11(18(19)20)9-16-14(12)17-5-3-10(4-6-17)13-2-1-7-21-13/h8-10,13H,1-7H2. The molecule has 2 fully saturated rings. The van der Waals surface area contributed by atoms with Crippen molar-refractivity contribution in [3.8, 4) is 0 Å². The minimum Gasteiger partial charge on any atom is -0.378 e. The van der Waals surface area contributed by atoms with Gasteiger partial charge in [-0.2, -0.15) is 0 Å². The quantitative estimate of drug-likeness (QED) is 0.634. The first-order valence-corrected chi connectivity index (χ1v) is 7.69. The van der Waals surface area contributed by atoms with Crippen LogP contribution in [0.5, 0.6) is 0 Å². The molecule has 21 heavy (non-hydrogen) atoms. The number of anilines is 1. The topological polar surface area (TPSA) is 68.5 Å². The molecule has 0 radical (unpaired) electrons. The summed E-state index contributed by atoms with van der Waals surface area (Å²) in [6, 6.07) is 1.37. The van der Waals surface area contributed by atoms with E-state index in [1.54, 1.807) is 0 Å². The van der Waals surface area contributed by atoms with Crippen molar-refractivity contribution in [2.75, 3.05) is 24.6 Å². The molecule has 1 aromatic heterocycles. The Bertz CT molecular complexity index is 526. The van der Waals surface area contributed by atoms with Crippen molar-refractivity contribution in [2.24, 2.45) is 5.92 Å². The van der Waals surface area contributed by atoms with E-state index in [1.807, 2.05) is 0 Å². The van der Waals surface area contributed by atoms with Gasteiger partial charge in [0.05, 0.1) is 16.0 Å². The van der Waals surface area contributed by atoms with Crippen LogP contribution in [0.1, 0.15) is 25.7 Å². The van der Waals surface area contributed by atoms with Gasteiger partial charge in [-0.05, 0) is 31.6 Å². The largest absolute Gasteiger partial charge is 0.378 e. The minimum atomic E-state index is -0.480. The molecule has 1 unspecified atom stereocenters. The second-order valence-corrected chi connectivity index (χ2v) is 6.04. The van der Waals surface area contributed by atoms with E-state index >= 15 is 0 Å². The number of pyridine rings is 1. The van der Waals surface area contributed by atoms with E-state index in [9.17, 15) is 10.1 Å². The maximum atomic E-state index is 10.7. The smallest absolute Gasteiger partial charge is 0.289 e. The number of aromatic nitrogens is 1. The van der Waals surface area contributed by atoms with E-state index in [0.29, 0.717) is 22.9 Å². The zero-order valence-electron chi connectivity index (χ0n) is 11.7. The van der Waals surface area contributed by atoms with Gasteiger partial charge in [0.2, 0.25) is 0 Å². The maximum absolute atomic E-state index is 10.7. The van der Waals surface area contributed by atoms with E-state index in [4.69, 9.17) is 16.3 Å². The summed E-state index contributed by atoms with van der Waals surface area (Å²) in [6.07, 6.45) is 6.13. The highest BCUT2D eigenvalue weighted by Crippen LogP contribution is 2.33. The number of rotatable bonds is 3. The number of halogens is 1. The number of hydrogen-bond acceptors (Lipinski definition) is 5. The van der Waals surface area contributed by atoms with Crippen molar-refractivity contribution in [1.29, 1.82) is 0 Å². The summed E-state index contributed by atoms with van der Waals surface area (Å²) in [5, 5.41) is 11.1. The lowest BCUT2D eigenvalue weighted by atomic mass is 9.90. The van der Waals surface area contributed by atoms with Crippen LogP contribution in [0.4, 0.5) is 11.5 Å². The Hall–Kier alpha value is -1.40. The summed E-state index contributed by atoms with van der Waals surface area (Å²) >= 11 is 6.14. The fourth-order valence-electron chi connectivity index (χ4n) is 3.21. The van der Waals surface area contributed by atoms with Crippen LogP contribution in [0.15, 0.2) is 12.3 Å². The summed E-state index contributed by atoms with van der Waals surface area (Å²) in [5.74, 6) is 1.26. The van der Waals surface area contributed by atoms with Crippen LogP contribution in [-0.2, 0) is 4.74 Å². The van der Waals surface area contributed by atoms with E-state index in [2.05, 4.69) is 9.88 Å². The molecule has 114 valence electrons. The molecule has 0 saturated carbocycles. The molecule has 2 saturated heterocycles. The summed E-state index contributed by atoms with van der Waals surface area (Å²) in [6.45, 7) is 2.63. The second-order valence-electron chi connectivity index (χ2n) is 5.63. The molecule has 0 spiro atoms. The molecule has 1 atom stereocenters. The van der Waals surface area contributed by atoms with Crippen molar-refractivity contribution >= 4 is 23.1 Å². The lowest BCUT2D eigenvalue weighted by Crippen LogP contribution is -2.38. The third-order valence-corrected chi connectivity index (χ3v) is 4.63. The molecule has 3 heterocycles. The van der Waals surface area contributed by atoms with Crippen LogP contribution in [0.25, 0.3) is 0 Å². The van der Waals surface area contributed by atoms with Crippen LogP contribution in [0.2, 0.25) is 5.02 Å². The molecular formula is C14H18ClN3O3. The molecule has 0 bridgehead atoms. The average molecular weight is 312 g/mol. The Morgan fingerprint density at radius 3 is 2.71 bits per heavy atom. The van der Waals surface area contributed by atoms with Gasteiger partial charge in [0.15, 0.2) is 0 Å². The predicted molar refractivity (Wildman–Crippen MR) is 79.8 cm³/mol. The predicted octanol–water partition coefficient (Wildman–Crippen LogP) is 3.04. The Labute approximate surface area is 128 Å². The first kappa shape index (κ1) is 14.5. The van der Waals surface area contributed by atoms with Crippen molar-refractivity contribution in [3.05, 3.63) is 27.4 Å². The molecular weight excluding hydrogens is 294 g/mol. The van der Waals surface area contributed by atoms with Gasteiger partial charge in [-0.25, -0.2) is 4.98 Å². The molecule has 7 heteroatoms. The minimum absolute atomic E-state index is 0.0713. The number of nitro groups is 1. The summed E-state index contributed by atoms with van der Waals surface area (Å²) < 4.78 is 5.76. The third kappa shape index (κ3) is 3.11. The van der Waals surface area contributed by atoms with Gasteiger partial charge in [-0.1, -0.05) is 11.6 Å². The number of nitrogens with zero attached hydrogens (tertiary/aromatic N) is 3. The van der Waals surface area contributed by atoms with Crippen LogP contribution in [-0.4, -0.2) is 35.7 Å². The highest BCUT2D eigenvalue weighted by Gasteiger charge is 2.30. The Balaban J connectivity index is 1.65. The zero-order valence-corrected chi connectivity index (χ0v) is 12.5. The lowest BCUT2D eigenvalue weighted by molar-refractivity contribution is -0.385. The SMILES string of the molecule is O=[N+]([O-])c1cnc(N2CCC(C3CCCO3)CC2)c(Cl)c1.